The molecular formula is C35H32O10. The van der Waals surface area contributed by atoms with Crippen LogP contribution in [0, 0.1) is 13.8 Å². The molecule has 0 spiro atoms. The predicted molar refractivity (Wildman–Crippen MR) is 167 cm³/mol. The summed E-state index contributed by atoms with van der Waals surface area (Å²) < 4.78 is 22.6. The average molecular weight is 613 g/mol. The topological polar surface area (TPSA) is 147 Å². The van der Waals surface area contributed by atoms with E-state index in [1.807, 2.05) is 34.6 Å². The molecule has 2 aromatic heterocycles. The minimum absolute atomic E-state index is 0.00331. The molecule has 0 amide bonds. The van der Waals surface area contributed by atoms with E-state index < -0.39 is 17.0 Å². The fraction of sp³-hybridized carbons (Fsp3) is 0.286. The molecule has 5 aromatic rings. The lowest BCUT2D eigenvalue weighted by molar-refractivity contribution is -0.191. The Morgan fingerprint density at radius 3 is 2.16 bits per heavy atom. The third-order valence-corrected chi connectivity index (χ3v) is 7.61. The molecule has 0 saturated carbocycles. The third-order valence-electron chi connectivity index (χ3n) is 7.61. The van der Waals surface area contributed by atoms with Crippen molar-refractivity contribution in [3.8, 4) is 16.9 Å². The molecule has 0 unspecified atom stereocenters. The van der Waals surface area contributed by atoms with E-state index in [2.05, 4.69) is 0 Å². The number of hydrogen-bond donors (Lipinski definition) is 0. The Labute approximate surface area is 257 Å². The number of hydrogen-bond acceptors (Lipinski definition) is 10. The van der Waals surface area contributed by atoms with Crippen molar-refractivity contribution in [2.24, 2.45) is 0 Å². The van der Waals surface area contributed by atoms with Gasteiger partial charge in [-0.2, -0.15) is 9.59 Å². The first kappa shape index (κ1) is 32.7. The number of ketones is 2. The molecule has 10 heteroatoms. The highest BCUT2D eigenvalue weighted by atomic mass is 16.7. The van der Waals surface area contributed by atoms with E-state index in [1.54, 1.807) is 24.3 Å². The minimum Gasteiger partial charge on any atom is -0.467 e. The second kappa shape index (κ2) is 12.4. The van der Waals surface area contributed by atoms with E-state index in [0.717, 1.165) is 16.7 Å². The number of methoxy groups -OCH3 is 1. The summed E-state index contributed by atoms with van der Waals surface area (Å²) in [6.45, 7) is 12.6. The van der Waals surface area contributed by atoms with Crippen LogP contribution >= 0.6 is 0 Å². The van der Waals surface area contributed by atoms with E-state index in [1.165, 1.54) is 33.3 Å². The van der Waals surface area contributed by atoms with Gasteiger partial charge in [0.25, 0.3) is 0 Å². The van der Waals surface area contributed by atoms with Crippen LogP contribution in [0.5, 0.6) is 5.75 Å². The van der Waals surface area contributed by atoms with E-state index in [4.69, 9.17) is 27.9 Å². The molecule has 10 nitrogen and oxygen atoms in total. The number of carbonyl (C=O) groups excluding carboxylic acids is 4. The van der Waals surface area contributed by atoms with Gasteiger partial charge in [-0.05, 0) is 74.1 Å². The molecule has 0 aliphatic heterocycles. The molecule has 0 aliphatic carbocycles. The van der Waals surface area contributed by atoms with Crippen LogP contribution in [-0.4, -0.2) is 31.6 Å². The Hall–Kier alpha value is -5.18. The Balaban J connectivity index is 0.00000148. The number of carbonyl (C=O) groups is 2. The van der Waals surface area contributed by atoms with E-state index in [-0.39, 0.29) is 68.0 Å². The maximum absolute atomic E-state index is 14.2. The van der Waals surface area contributed by atoms with Crippen molar-refractivity contribution >= 4 is 50.6 Å². The maximum Gasteiger partial charge on any atom is 0.373 e. The second-order valence-corrected chi connectivity index (χ2v) is 11.7. The molecule has 45 heavy (non-hydrogen) atoms. The first-order chi connectivity index (χ1) is 21.2. The third kappa shape index (κ3) is 5.85. The molecule has 3 aromatic carbocycles. The summed E-state index contributed by atoms with van der Waals surface area (Å²) in [7, 11) is 1.49. The van der Waals surface area contributed by atoms with Crippen molar-refractivity contribution in [2.75, 3.05) is 13.9 Å². The van der Waals surface area contributed by atoms with Crippen molar-refractivity contribution in [3.63, 3.8) is 0 Å². The largest absolute Gasteiger partial charge is 0.467 e. The zero-order valence-electron chi connectivity index (χ0n) is 26.3. The molecule has 232 valence electrons. The van der Waals surface area contributed by atoms with Gasteiger partial charge in [-0.15, -0.1) is 0 Å². The Bertz CT molecular complexity index is 2170. The van der Waals surface area contributed by atoms with Gasteiger partial charge in [0.15, 0.2) is 18.4 Å². The van der Waals surface area contributed by atoms with Gasteiger partial charge in [-0.1, -0.05) is 20.8 Å². The smallest absolute Gasteiger partial charge is 0.373 e. The molecular weight excluding hydrogens is 580 g/mol. The number of aryl methyl sites for hydroxylation is 1. The van der Waals surface area contributed by atoms with E-state index in [9.17, 15) is 19.2 Å². The van der Waals surface area contributed by atoms with Crippen molar-refractivity contribution < 1.29 is 37.5 Å². The maximum atomic E-state index is 14.2. The first-order valence-corrected chi connectivity index (χ1v) is 13.9. The highest BCUT2D eigenvalue weighted by molar-refractivity contribution is 6.17. The first-order valence-electron chi connectivity index (χ1n) is 13.9. The Morgan fingerprint density at radius 2 is 1.58 bits per heavy atom. The Kier molecular flexibility index (Phi) is 9.04. The van der Waals surface area contributed by atoms with Gasteiger partial charge < -0.3 is 18.3 Å². The van der Waals surface area contributed by atoms with Gasteiger partial charge in [-0.25, -0.2) is 0 Å². The molecule has 0 atom stereocenters. The number of fused-ring (bicyclic) bond motifs is 3. The second-order valence-electron chi connectivity index (χ2n) is 11.7. The highest BCUT2D eigenvalue weighted by Gasteiger charge is 2.29. The standard InChI is InChI=1S/C34H32O8.CO2/c1-16-11-26-29(30(17(16)2)34(5,6)7)32(38)23-13-22(18(3)35)28(27(19(4)36)33(23)42-26)24-14-40-25-12-20(41-15-39-8)9-10-21(25)31(24)37;2-1-3/h9-14H,15H2,1-8H3;. The number of benzene rings is 3. The summed E-state index contributed by atoms with van der Waals surface area (Å²) in [5.74, 6) is -0.454. The van der Waals surface area contributed by atoms with Crippen LogP contribution in [0.4, 0.5) is 0 Å². The lowest BCUT2D eigenvalue weighted by atomic mass is 9.80. The van der Waals surface area contributed by atoms with Crippen LogP contribution in [0.1, 0.15) is 72.0 Å². The molecule has 0 aliphatic rings. The van der Waals surface area contributed by atoms with E-state index >= 15 is 0 Å². The average Bonchev–Trinajstić information content (AvgIpc) is 2.96. The fourth-order valence-electron chi connectivity index (χ4n) is 5.70. The lowest BCUT2D eigenvalue weighted by Gasteiger charge is -2.25. The van der Waals surface area contributed by atoms with Crippen LogP contribution in [-0.2, 0) is 19.7 Å². The van der Waals surface area contributed by atoms with E-state index in [0.29, 0.717) is 16.7 Å². The normalized spacial score (nSPS) is 11.3. The van der Waals surface area contributed by atoms with Crippen molar-refractivity contribution in [1.82, 2.24) is 0 Å². The molecule has 0 radical (unpaired) electrons. The van der Waals surface area contributed by atoms with Gasteiger partial charge in [0, 0.05) is 24.3 Å². The van der Waals surface area contributed by atoms with Crippen LogP contribution in [0.15, 0.2) is 55.0 Å². The molecule has 5 rings (SSSR count). The molecule has 0 fully saturated rings. The van der Waals surface area contributed by atoms with Crippen LogP contribution in [0.25, 0.3) is 44.0 Å². The summed E-state index contributed by atoms with van der Waals surface area (Å²) in [5, 5.41) is 0.731. The van der Waals surface area contributed by atoms with Gasteiger partial charge >= 0.3 is 6.15 Å². The van der Waals surface area contributed by atoms with Crippen LogP contribution in [0.2, 0.25) is 0 Å². The SMILES string of the molecule is COCOc1ccc2c(=O)c(-c3c(C(C)=O)cc4c(=O)c5c(C(C)(C)C)c(C)c(C)cc5oc4c3C(C)=O)coc2c1.O=C=O. The Morgan fingerprint density at radius 1 is 0.911 bits per heavy atom. The monoisotopic (exact) mass is 612 g/mol. The number of ether oxygens (including phenoxy) is 2. The summed E-state index contributed by atoms with van der Waals surface area (Å²) in [4.78, 5) is 70.6. The van der Waals surface area contributed by atoms with Gasteiger partial charge in [0.1, 0.15) is 28.8 Å². The van der Waals surface area contributed by atoms with Gasteiger partial charge in [0.2, 0.25) is 10.9 Å². The van der Waals surface area contributed by atoms with Gasteiger partial charge in [0.05, 0.1) is 27.3 Å². The molecule has 0 bridgehead atoms. The van der Waals surface area contributed by atoms with Crippen molar-refractivity contribution in [2.45, 2.75) is 53.9 Å². The molecule has 0 N–H and O–H groups in total. The summed E-state index contributed by atoms with van der Waals surface area (Å²) in [6, 6.07) is 7.92. The zero-order valence-corrected chi connectivity index (χ0v) is 26.3. The molecule has 2 heterocycles. The number of rotatable bonds is 6. The summed E-state index contributed by atoms with van der Waals surface area (Å²) in [5.41, 5.74) is 2.26. The lowest BCUT2D eigenvalue weighted by Crippen LogP contribution is -2.20. The highest BCUT2D eigenvalue weighted by Crippen LogP contribution is 2.38. The molecule has 0 saturated heterocycles. The van der Waals surface area contributed by atoms with Gasteiger partial charge in [-0.3, -0.25) is 19.2 Å². The van der Waals surface area contributed by atoms with Crippen molar-refractivity contribution in [1.29, 1.82) is 0 Å². The fourth-order valence-corrected chi connectivity index (χ4v) is 5.70. The zero-order chi connectivity index (χ0) is 33.4. The minimum atomic E-state index is -0.469. The quantitative estimate of drug-likeness (QED) is 0.119. The van der Waals surface area contributed by atoms with Crippen molar-refractivity contribution in [3.05, 3.63) is 84.9 Å². The van der Waals surface area contributed by atoms with Crippen LogP contribution in [0.3, 0.4) is 0 Å². The number of Topliss-reactive ketones (excluding diaryl/α,β-unsaturated/α-hetero) is 2. The summed E-state index contributed by atoms with van der Waals surface area (Å²) >= 11 is 0. The van der Waals surface area contributed by atoms with Crippen LogP contribution < -0.4 is 15.6 Å². The predicted octanol–water partition coefficient (Wildman–Crippen LogP) is 6.44. The summed E-state index contributed by atoms with van der Waals surface area (Å²) in [6.07, 6.45) is 1.47.